The first-order valence-electron chi connectivity index (χ1n) is 9.77. The Kier molecular flexibility index (Phi) is 8.07. The fourth-order valence-corrected chi connectivity index (χ4v) is 3.37. The lowest BCUT2D eigenvalue weighted by Gasteiger charge is -2.07. The number of nitrogens with two attached hydrogens (primary N) is 1. The molecule has 5 heteroatoms. The first-order valence-corrected chi connectivity index (χ1v) is 9.77. The number of allylic oxidation sites excluding steroid dienone is 1. The first kappa shape index (κ1) is 21.2. The standard InChI is InChI=1S/C22H33FN4/c1-5-25-11-12-26-10-6-7-19-16(3)22(27-17(19)4)13-15(2)20-14-18(23)8-9-21(20)24/h8-9,13-14,25-27H,5-7,10-12,24H2,1-4H3/b15-13+. The third-order valence-corrected chi connectivity index (χ3v) is 4.94. The van der Waals surface area contributed by atoms with Crippen LogP contribution in [0, 0.1) is 19.7 Å². The van der Waals surface area contributed by atoms with Crippen LogP contribution < -0.4 is 16.4 Å². The summed E-state index contributed by atoms with van der Waals surface area (Å²) in [5.41, 5.74) is 13.2. The van der Waals surface area contributed by atoms with Crippen molar-refractivity contribution in [2.45, 2.75) is 40.5 Å². The molecule has 1 aromatic carbocycles. The molecule has 1 aromatic heterocycles. The molecule has 2 aromatic rings. The molecule has 0 aliphatic heterocycles. The molecular formula is C22H33FN4. The van der Waals surface area contributed by atoms with Gasteiger partial charge in [-0.25, -0.2) is 4.39 Å². The fourth-order valence-electron chi connectivity index (χ4n) is 3.37. The van der Waals surface area contributed by atoms with Crippen LogP contribution in [0.3, 0.4) is 0 Å². The molecule has 0 aliphatic rings. The molecule has 2 rings (SSSR count). The summed E-state index contributed by atoms with van der Waals surface area (Å²) in [6.07, 6.45) is 4.20. The molecule has 0 saturated carbocycles. The van der Waals surface area contributed by atoms with Gasteiger partial charge in [-0.05, 0) is 87.7 Å². The normalized spacial score (nSPS) is 12.0. The number of aromatic amines is 1. The van der Waals surface area contributed by atoms with Gasteiger partial charge in [-0.2, -0.15) is 0 Å². The minimum absolute atomic E-state index is 0.270. The van der Waals surface area contributed by atoms with Crippen LogP contribution in [0.15, 0.2) is 18.2 Å². The van der Waals surface area contributed by atoms with Crippen molar-refractivity contribution in [2.75, 3.05) is 31.9 Å². The molecule has 0 bridgehead atoms. The molecule has 0 atom stereocenters. The highest BCUT2D eigenvalue weighted by molar-refractivity contribution is 5.85. The Morgan fingerprint density at radius 3 is 2.67 bits per heavy atom. The Bertz CT molecular complexity index is 777. The second-order valence-corrected chi connectivity index (χ2v) is 7.03. The van der Waals surface area contributed by atoms with Crippen LogP contribution in [0.1, 0.15) is 48.3 Å². The van der Waals surface area contributed by atoms with Gasteiger partial charge < -0.3 is 21.4 Å². The highest BCUT2D eigenvalue weighted by Crippen LogP contribution is 2.27. The van der Waals surface area contributed by atoms with Crippen LogP contribution in [-0.4, -0.2) is 31.2 Å². The average molecular weight is 373 g/mol. The average Bonchev–Trinajstić information content (AvgIpc) is 2.90. The molecule has 0 saturated heterocycles. The van der Waals surface area contributed by atoms with Gasteiger partial charge in [0.1, 0.15) is 5.82 Å². The van der Waals surface area contributed by atoms with Crippen molar-refractivity contribution >= 4 is 17.3 Å². The zero-order valence-corrected chi connectivity index (χ0v) is 17.0. The lowest BCUT2D eigenvalue weighted by molar-refractivity contribution is 0.606. The van der Waals surface area contributed by atoms with Crippen molar-refractivity contribution in [1.82, 2.24) is 15.6 Å². The molecule has 0 unspecified atom stereocenters. The molecule has 4 nitrogen and oxygen atoms in total. The Labute approximate surface area is 162 Å². The summed E-state index contributed by atoms with van der Waals surface area (Å²) in [6, 6.07) is 4.50. The van der Waals surface area contributed by atoms with Crippen molar-refractivity contribution in [2.24, 2.45) is 0 Å². The zero-order chi connectivity index (χ0) is 19.8. The monoisotopic (exact) mass is 372 g/mol. The van der Waals surface area contributed by atoms with E-state index in [2.05, 4.69) is 42.5 Å². The second-order valence-electron chi connectivity index (χ2n) is 7.03. The van der Waals surface area contributed by atoms with Crippen LogP contribution in [0.25, 0.3) is 11.6 Å². The van der Waals surface area contributed by atoms with Crippen LogP contribution >= 0.6 is 0 Å². The van der Waals surface area contributed by atoms with Crippen molar-refractivity contribution in [3.63, 3.8) is 0 Å². The molecule has 148 valence electrons. The first-order chi connectivity index (χ1) is 12.9. The summed E-state index contributed by atoms with van der Waals surface area (Å²) in [4.78, 5) is 3.48. The number of nitrogen functional groups attached to an aromatic ring is 1. The highest BCUT2D eigenvalue weighted by atomic mass is 19.1. The largest absolute Gasteiger partial charge is 0.398 e. The van der Waals surface area contributed by atoms with Gasteiger partial charge in [0.05, 0.1) is 0 Å². The number of hydrogen-bond acceptors (Lipinski definition) is 3. The van der Waals surface area contributed by atoms with Gasteiger partial charge in [-0.15, -0.1) is 0 Å². The second kappa shape index (κ2) is 10.3. The lowest BCUT2D eigenvalue weighted by atomic mass is 10.0. The van der Waals surface area contributed by atoms with E-state index in [9.17, 15) is 4.39 Å². The summed E-state index contributed by atoms with van der Waals surface area (Å²) >= 11 is 0. The van der Waals surface area contributed by atoms with Crippen LogP contribution in [0.4, 0.5) is 10.1 Å². The van der Waals surface area contributed by atoms with E-state index in [4.69, 9.17) is 5.73 Å². The minimum atomic E-state index is -0.270. The third kappa shape index (κ3) is 5.94. The predicted molar refractivity (Wildman–Crippen MR) is 114 cm³/mol. The van der Waals surface area contributed by atoms with E-state index in [1.165, 1.54) is 29.0 Å². The van der Waals surface area contributed by atoms with Gasteiger partial charge in [0.2, 0.25) is 0 Å². The number of benzene rings is 1. The molecule has 0 fully saturated rings. The summed E-state index contributed by atoms with van der Waals surface area (Å²) in [5.74, 6) is -0.270. The Morgan fingerprint density at radius 2 is 1.93 bits per heavy atom. The van der Waals surface area contributed by atoms with Gasteiger partial charge in [0.25, 0.3) is 0 Å². The highest BCUT2D eigenvalue weighted by Gasteiger charge is 2.11. The maximum Gasteiger partial charge on any atom is 0.123 e. The number of H-pyrrole nitrogens is 1. The van der Waals surface area contributed by atoms with Crippen LogP contribution in [0.2, 0.25) is 0 Å². The van der Waals surface area contributed by atoms with E-state index in [1.54, 1.807) is 6.07 Å². The minimum Gasteiger partial charge on any atom is -0.398 e. The van der Waals surface area contributed by atoms with Crippen molar-refractivity contribution in [3.8, 4) is 0 Å². The van der Waals surface area contributed by atoms with Crippen molar-refractivity contribution in [1.29, 1.82) is 0 Å². The molecule has 0 radical (unpaired) electrons. The lowest BCUT2D eigenvalue weighted by Crippen LogP contribution is -2.27. The fraction of sp³-hybridized carbons (Fsp3) is 0.455. The Morgan fingerprint density at radius 1 is 1.19 bits per heavy atom. The molecule has 0 aliphatic carbocycles. The van der Waals surface area contributed by atoms with E-state index in [0.29, 0.717) is 5.69 Å². The van der Waals surface area contributed by atoms with Gasteiger partial charge >= 0.3 is 0 Å². The Balaban J connectivity index is 2.03. The number of rotatable bonds is 10. The summed E-state index contributed by atoms with van der Waals surface area (Å²) < 4.78 is 13.6. The number of aryl methyl sites for hydroxylation is 1. The number of aromatic nitrogens is 1. The maximum absolute atomic E-state index is 13.6. The summed E-state index contributed by atoms with van der Waals surface area (Å²) in [7, 11) is 0. The van der Waals surface area contributed by atoms with E-state index < -0.39 is 0 Å². The number of hydrogen-bond donors (Lipinski definition) is 4. The van der Waals surface area contributed by atoms with Gasteiger partial charge in [0, 0.05) is 35.7 Å². The Hall–Kier alpha value is -2.11. The van der Waals surface area contributed by atoms with Crippen molar-refractivity contribution in [3.05, 3.63) is 52.1 Å². The smallest absolute Gasteiger partial charge is 0.123 e. The number of likely N-dealkylation sites (N-methyl/N-ethyl adjacent to an activating group) is 1. The quantitative estimate of drug-likeness (QED) is 0.376. The van der Waals surface area contributed by atoms with Gasteiger partial charge in [-0.3, -0.25) is 0 Å². The molecule has 5 N–H and O–H groups in total. The topological polar surface area (TPSA) is 65.9 Å². The van der Waals surface area contributed by atoms with E-state index >= 15 is 0 Å². The van der Waals surface area contributed by atoms with E-state index in [-0.39, 0.29) is 5.82 Å². The summed E-state index contributed by atoms with van der Waals surface area (Å²) in [5, 5.41) is 6.78. The maximum atomic E-state index is 13.6. The zero-order valence-electron chi connectivity index (χ0n) is 17.0. The SMILES string of the molecule is CCNCCNCCCc1c(C)[nH]c(/C=C(\C)c2cc(F)ccc2N)c1C. The number of halogens is 1. The molecular weight excluding hydrogens is 339 g/mol. The van der Waals surface area contributed by atoms with Gasteiger partial charge in [-0.1, -0.05) is 6.92 Å². The number of nitrogens with one attached hydrogen (secondary N) is 3. The molecule has 27 heavy (non-hydrogen) atoms. The number of anilines is 1. The van der Waals surface area contributed by atoms with Gasteiger partial charge in [0.15, 0.2) is 0 Å². The molecule has 0 spiro atoms. The predicted octanol–water partition coefficient (Wildman–Crippen LogP) is 4.05. The van der Waals surface area contributed by atoms with Crippen molar-refractivity contribution < 1.29 is 4.39 Å². The molecule has 1 heterocycles. The molecule has 0 amide bonds. The third-order valence-electron chi connectivity index (χ3n) is 4.94. The summed E-state index contributed by atoms with van der Waals surface area (Å²) in [6.45, 7) is 12.4. The van der Waals surface area contributed by atoms with Crippen LogP contribution in [-0.2, 0) is 6.42 Å². The van der Waals surface area contributed by atoms with Crippen LogP contribution in [0.5, 0.6) is 0 Å². The van der Waals surface area contributed by atoms with E-state index in [1.807, 2.05) is 6.92 Å². The van der Waals surface area contributed by atoms with E-state index in [0.717, 1.165) is 55.9 Å².